The highest BCUT2D eigenvalue weighted by Gasteiger charge is 2.28. The van der Waals surface area contributed by atoms with Crippen LogP contribution < -0.4 is 20.1 Å². The molecule has 2 aliphatic carbocycles. The number of ether oxygens (including phenoxy) is 2. The van der Waals surface area contributed by atoms with Crippen molar-refractivity contribution in [1.82, 2.24) is 19.5 Å². The molecule has 2 aliphatic rings. The first-order valence-electron chi connectivity index (χ1n) is 10.9. The Balaban J connectivity index is 1.51. The monoisotopic (exact) mass is 458 g/mol. The van der Waals surface area contributed by atoms with Gasteiger partial charge in [0.15, 0.2) is 17.0 Å². The molecule has 0 amide bonds. The number of aliphatic hydroxyl groups excluding tert-OH is 1. The number of imidazole rings is 1. The zero-order valence-corrected chi connectivity index (χ0v) is 18.9. The molecule has 0 atom stereocenters. The molecule has 2 fully saturated rings. The summed E-state index contributed by atoms with van der Waals surface area (Å²) in [5.74, 6) is 2.15. The number of hydrogen-bond acceptors (Lipinski definition) is 8. The number of nitrogens with zero attached hydrogens (tertiary/aromatic N) is 4. The third kappa shape index (κ3) is 4.14. The van der Waals surface area contributed by atoms with Crippen molar-refractivity contribution in [3.05, 3.63) is 23.5 Å². The van der Waals surface area contributed by atoms with Gasteiger partial charge in [-0.25, -0.2) is 4.98 Å². The summed E-state index contributed by atoms with van der Waals surface area (Å²) in [6, 6.07) is 4.27. The molecular formula is C22H27ClN6O3. The number of methoxy groups -OCH3 is 2. The van der Waals surface area contributed by atoms with E-state index in [2.05, 4.69) is 20.2 Å². The van der Waals surface area contributed by atoms with Gasteiger partial charge >= 0.3 is 0 Å². The molecule has 0 unspecified atom stereocenters. The van der Waals surface area contributed by atoms with Crippen LogP contribution in [0.15, 0.2) is 18.5 Å². The van der Waals surface area contributed by atoms with Gasteiger partial charge in [0, 0.05) is 29.9 Å². The lowest BCUT2D eigenvalue weighted by atomic mass is 9.93. The number of nitrogens with one attached hydrogen (secondary N) is 2. The fourth-order valence-corrected chi connectivity index (χ4v) is 4.43. The Morgan fingerprint density at radius 2 is 1.72 bits per heavy atom. The van der Waals surface area contributed by atoms with E-state index >= 15 is 0 Å². The molecule has 1 aromatic carbocycles. The summed E-state index contributed by atoms with van der Waals surface area (Å²) >= 11 is 6.32. The number of benzene rings is 1. The van der Waals surface area contributed by atoms with Crippen LogP contribution in [0.3, 0.4) is 0 Å². The molecule has 170 valence electrons. The summed E-state index contributed by atoms with van der Waals surface area (Å²) < 4.78 is 12.9. The predicted octanol–water partition coefficient (Wildman–Crippen LogP) is 4.29. The summed E-state index contributed by atoms with van der Waals surface area (Å²) in [4.78, 5) is 14.2. The van der Waals surface area contributed by atoms with Crippen molar-refractivity contribution in [2.45, 2.75) is 56.7 Å². The molecule has 3 N–H and O–H groups in total. The molecule has 0 bridgehead atoms. The van der Waals surface area contributed by atoms with Crippen LogP contribution in [0.4, 0.5) is 17.5 Å². The van der Waals surface area contributed by atoms with Crippen LogP contribution in [0.5, 0.6) is 11.5 Å². The first kappa shape index (κ1) is 21.1. The third-order valence-electron chi connectivity index (χ3n) is 6.10. The van der Waals surface area contributed by atoms with Gasteiger partial charge in [0.05, 0.1) is 26.7 Å². The second kappa shape index (κ2) is 8.63. The molecule has 2 aromatic heterocycles. The molecule has 5 rings (SSSR count). The van der Waals surface area contributed by atoms with Crippen molar-refractivity contribution in [3.63, 3.8) is 0 Å². The molecule has 0 saturated heterocycles. The predicted molar refractivity (Wildman–Crippen MR) is 123 cm³/mol. The molecule has 10 heteroatoms. The van der Waals surface area contributed by atoms with Crippen LogP contribution in [0.2, 0.25) is 5.02 Å². The second-order valence-electron chi connectivity index (χ2n) is 8.42. The van der Waals surface area contributed by atoms with Crippen molar-refractivity contribution >= 4 is 40.2 Å². The summed E-state index contributed by atoms with van der Waals surface area (Å²) in [5.41, 5.74) is 2.22. The Bertz CT molecular complexity index is 1100. The molecular weight excluding hydrogens is 432 g/mol. The average Bonchev–Trinajstić information content (AvgIpc) is 3.55. The first-order valence-corrected chi connectivity index (χ1v) is 11.3. The normalized spacial score (nSPS) is 20.9. The fraction of sp³-hybridized carbons (Fsp3) is 0.500. The van der Waals surface area contributed by atoms with Gasteiger partial charge in [0.2, 0.25) is 5.95 Å². The Labute approximate surface area is 191 Å². The van der Waals surface area contributed by atoms with Gasteiger partial charge in [0.1, 0.15) is 16.5 Å². The van der Waals surface area contributed by atoms with Crippen molar-refractivity contribution in [3.8, 4) is 11.5 Å². The zero-order chi connectivity index (χ0) is 22.2. The van der Waals surface area contributed by atoms with E-state index in [1.54, 1.807) is 26.4 Å². The van der Waals surface area contributed by atoms with Gasteiger partial charge < -0.3 is 29.8 Å². The number of aliphatic hydroxyl groups is 1. The fourth-order valence-electron chi connectivity index (χ4n) is 4.17. The maximum atomic E-state index is 9.81. The number of halogens is 1. The lowest BCUT2D eigenvalue weighted by molar-refractivity contribution is 0.126. The van der Waals surface area contributed by atoms with E-state index < -0.39 is 0 Å². The summed E-state index contributed by atoms with van der Waals surface area (Å²) in [6.07, 6.45) is 7.24. The molecule has 3 aromatic rings. The maximum Gasteiger partial charge on any atom is 0.227 e. The highest BCUT2D eigenvalue weighted by molar-refractivity contribution is 6.33. The second-order valence-corrected chi connectivity index (χ2v) is 8.80. The first-order chi connectivity index (χ1) is 15.6. The van der Waals surface area contributed by atoms with Crippen molar-refractivity contribution < 1.29 is 14.6 Å². The van der Waals surface area contributed by atoms with Crippen LogP contribution >= 0.6 is 11.6 Å². The van der Waals surface area contributed by atoms with E-state index in [-0.39, 0.29) is 12.1 Å². The van der Waals surface area contributed by atoms with Gasteiger partial charge in [-0.1, -0.05) is 11.6 Å². The van der Waals surface area contributed by atoms with Crippen molar-refractivity contribution in [1.29, 1.82) is 0 Å². The number of anilines is 3. The number of hydrogen-bond donors (Lipinski definition) is 3. The van der Waals surface area contributed by atoms with E-state index in [0.717, 1.165) is 49.9 Å². The van der Waals surface area contributed by atoms with E-state index in [0.29, 0.717) is 39.8 Å². The summed E-state index contributed by atoms with van der Waals surface area (Å²) in [5, 5.41) is 17.0. The van der Waals surface area contributed by atoms with Gasteiger partial charge in [-0.2, -0.15) is 9.97 Å². The molecule has 0 radical (unpaired) electrons. The minimum absolute atomic E-state index is 0.208. The largest absolute Gasteiger partial charge is 0.495 e. The van der Waals surface area contributed by atoms with E-state index in [9.17, 15) is 5.11 Å². The standard InChI is InChI=1S/C22H27ClN6O3/c1-31-16-9-13(10-17(32-2)18(16)23)25-20-19-21(29(11-24-19)14-5-6-14)28-22(27-20)26-12-3-7-15(30)8-4-12/h9-12,14-15,30H,3-8H2,1-2H3,(H2,25,26,27,28). The minimum Gasteiger partial charge on any atom is -0.495 e. The Kier molecular flexibility index (Phi) is 5.69. The highest BCUT2D eigenvalue weighted by Crippen LogP contribution is 2.40. The summed E-state index contributed by atoms with van der Waals surface area (Å²) in [6.45, 7) is 0. The molecule has 2 heterocycles. The van der Waals surface area contributed by atoms with E-state index in [4.69, 9.17) is 31.0 Å². The van der Waals surface area contributed by atoms with Gasteiger partial charge in [-0.05, 0) is 38.5 Å². The van der Waals surface area contributed by atoms with Crippen molar-refractivity contribution in [2.24, 2.45) is 0 Å². The summed E-state index contributed by atoms with van der Waals surface area (Å²) in [7, 11) is 3.13. The van der Waals surface area contributed by atoms with Crippen LogP contribution in [-0.4, -0.2) is 51.0 Å². The maximum absolute atomic E-state index is 9.81. The van der Waals surface area contributed by atoms with Crippen molar-refractivity contribution in [2.75, 3.05) is 24.9 Å². The van der Waals surface area contributed by atoms with Crippen LogP contribution in [0.1, 0.15) is 44.6 Å². The average molecular weight is 459 g/mol. The van der Waals surface area contributed by atoms with Gasteiger partial charge in [-0.15, -0.1) is 0 Å². The van der Waals surface area contributed by atoms with Crippen LogP contribution in [0, 0.1) is 0 Å². The quantitative estimate of drug-likeness (QED) is 0.481. The van der Waals surface area contributed by atoms with E-state index in [1.807, 2.05) is 6.33 Å². The van der Waals surface area contributed by atoms with Gasteiger partial charge in [-0.3, -0.25) is 0 Å². The number of fused-ring (bicyclic) bond motifs is 1. The van der Waals surface area contributed by atoms with Gasteiger partial charge in [0.25, 0.3) is 0 Å². The lowest BCUT2D eigenvalue weighted by Crippen LogP contribution is -2.29. The molecule has 32 heavy (non-hydrogen) atoms. The Morgan fingerprint density at radius 3 is 2.34 bits per heavy atom. The van der Waals surface area contributed by atoms with Crippen LogP contribution in [0.25, 0.3) is 11.2 Å². The molecule has 0 spiro atoms. The third-order valence-corrected chi connectivity index (χ3v) is 6.47. The number of aromatic nitrogens is 4. The topological polar surface area (TPSA) is 106 Å². The Hall–Kier alpha value is -2.78. The zero-order valence-electron chi connectivity index (χ0n) is 18.1. The highest BCUT2D eigenvalue weighted by atomic mass is 35.5. The number of rotatable bonds is 7. The smallest absolute Gasteiger partial charge is 0.227 e. The SMILES string of the molecule is COc1cc(Nc2nc(NC3CCC(O)CC3)nc3c2ncn3C2CC2)cc(OC)c1Cl. The van der Waals surface area contributed by atoms with Crippen LogP contribution in [-0.2, 0) is 0 Å². The lowest BCUT2D eigenvalue weighted by Gasteiger charge is -2.26. The molecule has 0 aliphatic heterocycles. The Morgan fingerprint density at radius 1 is 1.03 bits per heavy atom. The van der Waals surface area contributed by atoms with E-state index in [1.165, 1.54) is 0 Å². The molecule has 2 saturated carbocycles. The molecule has 9 nitrogen and oxygen atoms in total. The minimum atomic E-state index is -0.208.